The van der Waals surface area contributed by atoms with Crippen molar-refractivity contribution in [3.8, 4) is 0 Å². The summed E-state index contributed by atoms with van der Waals surface area (Å²) in [6.45, 7) is 6.22. The van der Waals surface area contributed by atoms with Gasteiger partial charge in [-0.25, -0.2) is 8.42 Å². The molecule has 2 aromatic carbocycles. The average molecular weight is 459 g/mol. The molecule has 1 atom stereocenters. The molecule has 2 aliphatic heterocycles. The normalized spacial score (nSPS) is 19.0. The first-order valence-corrected chi connectivity index (χ1v) is 12.5. The van der Waals surface area contributed by atoms with Crippen LogP contribution in [-0.4, -0.2) is 59.8 Å². The number of ether oxygens (including phenoxy) is 1. The fourth-order valence-corrected chi connectivity index (χ4v) is 5.04. The minimum Gasteiger partial charge on any atom is -0.376 e. The number of piperazine rings is 1. The third kappa shape index (κ3) is 5.40. The van der Waals surface area contributed by atoms with Crippen LogP contribution in [0.1, 0.15) is 28.8 Å². The van der Waals surface area contributed by atoms with Crippen LogP contribution in [-0.2, 0) is 14.8 Å². The van der Waals surface area contributed by atoms with Crippen LogP contribution in [0.3, 0.4) is 0 Å². The molecule has 0 unspecified atom stereocenters. The Balaban J connectivity index is 1.59. The molecular formula is C23H30N4O4S. The zero-order chi connectivity index (χ0) is 22.6. The van der Waals surface area contributed by atoms with Gasteiger partial charge in [0, 0.05) is 44.9 Å². The van der Waals surface area contributed by atoms with Crippen LogP contribution in [0.2, 0.25) is 0 Å². The lowest BCUT2D eigenvalue weighted by Crippen LogP contribution is -2.43. The van der Waals surface area contributed by atoms with Crippen molar-refractivity contribution >= 4 is 27.3 Å². The van der Waals surface area contributed by atoms with Crippen molar-refractivity contribution in [1.82, 2.24) is 10.6 Å². The van der Waals surface area contributed by atoms with Gasteiger partial charge in [0.1, 0.15) is 0 Å². The number of nitrogens with zero attached hydrogens (tertiary/aromatic N) is 1. The van der Waals surface area contributed by atoms with Crippen LogP contribution >= 0.6 is 0 Å². The van der Waals surface area contributed by atoms with Gasteiger partial charge in [-0.3, -0.25) is 9.52 Å². The van der Waals surface area contributed by atoms with Crippen molar-refractivity contribution in [2.24, 2.45) is 0 Å². The van der Waals surface area contributed by atoms with E-state index in [1.807, 2.05) is 13.0 Å². The molecule has 172 valence electrons. The molecule has 2 aliphatic rings. The summed E-state index contributed by atoms with van der Waals surface area (Å²) in [4.78, 5) is 15.1. The van der Waals surface area contributed by atoms with E-state index in [0.29, 0.717) is 17.8 Å². The Morgan fingerprint density at radius 3 is 2.59 bits per heavy atom. The Morgan fingerprint density at radius 2 is 1.91 bits per heavy atom. The molecule has 0 spiro atoms. The monoisotopic (exact) mass is 458 g/mol. The molecule has 1 amide bonds. The molecule has 32 heavy (non-hydrogen) atoms. The number of nitrogens with one attached hydrogen (secondary N) is 3. The standard InChI is InChI=1S/C23H30N4O4S/c1-17-4-7-20(8-5-17)32(29,30)26-21-15-18(23(28)25-16-19-3-2-14-31-19)6-9-22(21)27-12-10-24-11-13-27/h4-9,15,19,24,26H,2-3,10-14,16H2,1H3,(H,25,28)/t19-/m1/s1. The number of carbonyl (C=O) groups excluding carboxylic acids is 1. The Kier molecular flexibility index (Phi) is 6.98. The van der Waals surface area contributed by atoms with Gasteiger partial charge in [0.25, 0.3) is 15.9 Å². The smallest absolute Gasteiger partial charge is 0.261 e. The zero-order valence-electron chi connectivity index (χ0n) is 18.3. The highest BCUT2D eigenvalue weighted by molar-refractivity contribution is 7.92. The minimum atomic E-state index is -3.80. The average Bonchev–Trinajstić information content (AvgIpc) is 3.32. The highest BCUT2D eigenvalue weighted by Crippen LogP contribution is 2.30. The molecule has 0 aliphatic carbocycles. The second kappa shape index (κ2) is 9.89. The van der Waals surface area contributed by atoms with Crippen LogP contribution in [0, 0.1) is 6.92 Å². The molecule has 0 saturated carbocycles. The Hall–Kier alpha value is -2.62. The van der Waals surface area contributed by atoms with E-state index in [1.54, 1.807) is 36.4 Å². The number of amides is 1. The fraction of sp³-hybridized carbons (Fsp3) is 0.435. The first-order valence-electron chi connectivity index (χ1n) is 11.0. The number of benzene rings is 2. The largest absolute Gasteiger partial charge is 0.376 e. The summed E-state index contributed by atoms with van der Waals surface area (Å²) in [5.74, 6) is -0.247. The maximum absolute atomic E-state index is 13.1. The molecule has 3 N–H and O–H groups in total. The second-order valence-corrected chi connectivity index (χ2v) is 9.91. The number of hydrogen-bond donors (Lipinski definition) is 3. The van der Waals surface area contributed by atoms with E-state index in [4.69, 9.17) is 4.74 Å². The molecule has 2 heterocycles. The number of carbonyl (C=O) groups is 1. The third-order valence-electron chi connectivity index (χ3n) is 5.81. The van der Waals surface area contributed by atoms with Crippen molar-refractivity contribution in [3.63, 3.8) is 0 Å². The van der Waals surface area contributed by atoms with Crippen molar-refractivity contribution < 1.29 is 17.9 Å². The first kappa shape index (κ1) is 22.6. The molecule has 4 rings (SSSR count). The summed E-state index contributed by atoms with van der Waals surface area (Å²) in [5.41, 5.74) is 2.55. The molecular weight excluding hydrogens is 428 g/mol. The number of sulfonamides is 1. The lowest BCUT2D eigenvalue weighted by atomic mass is 10.1. The van der Waals surface area contributed by atoms with Crippen LogP contribution in [0.5, 0.6) is 0 Å². The van der Waals surface area contributed by atoms with Gasteiger partial charge in [-0.2, -0.15) is 0 Å². The molecule has 2 saturated heterocycles. The fourth-order valence-electron chi connectivity index (χ4n) is 3.98. The van der Waals surface area contributed by atoms with Gasteiger partial charge < -0.3 is 20.3 Å². The minimum absolute atomic E-state index is 0.0404. The summed E-state index contributed by atoms with van der Waals surface area (Å²) >= 11 is 0. The van der Waals surface area contributed by atoms with Gasteiger partial charge in [0.15, 0.2) is 0 Å². The van der Waals surface area contributed by atoms with Gasteiger partial charge >= 0.3 is 0 Å². The molecule has 0 bridgehead atoms. The summed E-state index contributed by atoms with van der Waals surface area (Å²) in [7, 11) is -3.80. The quantitative estimate of drug-likeness (QED) is 0.588. The van der Waals surface area contributed by atoms with Gasteiger partial charge in [0.2, 0.25) is 0 Å². The molecule has 0 radical (unpaired) electrons. The summed E-state index contributed by atoms with van der Waals surface area (Å²) in [6, 6.07) is 11.9. The van der Waals surface area contributed by atoms with E-state index in [1.165, 1.54) is 0 Å². The second-order valence-electron chi connectivity index (χ2n) is 8.23. The van der Waals surface area contributed by atoms with E-state index < -0.39 is 10.0 Å². The van der Waals surface area contributed by atoms with Crippen LogP contribution in [0.15, 0.2) is 47.4 Å². The van der Waals surface area contributed by atoms with Gasteiger partial charge in [-0.1, -0.05) is 17.7 Å². The third-order valence-corrected chi connectivity index (χ3v) is 7.19. The SMILES string of the molecule is Cc1ccc(S(=O)(=O)Nc2cc(C(=O)NC[C@H]3CCCO3)ccc2N2CCNCC2)cc1. The lowest BCUT2D eigenvalue weighted by Gasteiger charge is -2.31. The van der Waals surface area contributed by atoms with Gasteiger partial charge in [-0.05, 0) is 50.1 Å². The van der Waals surface area contributed by atoms with Crippen molar-refractivity contribution in [2.45, 2.75) is 30.8 Å². The Labute approximate surface area is 189 Å². The maximum Gasteiger partial charge on any atom is 0.261 e. The first-order chi connectivity index (χ1) is 15.4. The zero-order valence-corrected chi connectivity index (χ0v) is 19.1. The summed E-state index contributed by atoms with van der Waals surface area (Å²) < 4.78 is 34.4. The van der Waals surface area contributed by atoms with Crippen molar-refractivity contribution in [2.75, 3.05) is 49.0 Å². The number of aryl methyl sites for hydroxylation is 1. The number of anilines is 2. The van der Waals surface area contributed by atoms with Crippen LogP contribution < -0.4 is 20.3 Å². The van der Waals surface area contributed by atoms with E-state index in [9.17, 15) is 13.2 Å². The van der Waals surface area contributed by atoms with Crippen molar-refractivity contribution in [3.05, 3.63) is 53.6 Å². The van der Waals surface area contributed by atoms with Crippen molar-refractivity contribution in [1.29, 1.82) is 0 Å². The van der Waals surface area contributed by atoms with Gasteiger partial charge in [0.05, 0.1) is 22.4 Å². The maximum atomic E-state index is 13.1. The molecule has 2 fully saturated rings. The van der Waals surface area contributed by atoms with Crippen LogP contribution in [0.4, 0.5) is 11.4 Å². The molecule has 9 heteroatoms. The predicted octanol–water partition coefficient (Wildman–Crippen LogP) is 2.11. The Bertz CT molecular complexity index is 1040. The summed E-state index contributed by atoms with van der Waals surface area (Å²) in [6.07, 6.45) is 1.98. The predicted molar refractivity (Wildman–Crippen MR) is 125 cm³/mol. The molecule has 2 aromatic rings. The number of rotatable bonds is 7. The van der Waals surface area contributed by atoms with Gasteiger partial charge in [-0.15, -0.1) is 0 Å². The Morgan fingerprint density at radius 1 is 1.16 bits per heavy atom. The lowest BCUT2D eigenvalue weighted by molar-refractivity contribution is 0.0858. The van der Waals surface area contributed by atoms with Crippen LogP contribution in [0.25, 0.3) is 0 Å². The van der Waals surface area contributed by atoms with E-state index in [0.717, 1.165) is 56.9 Å². The molecule has 0 aromatic heterocycles. The topological polar surface area (TPSA) is 99.8 Å². The summed E-state index contributed by atoms with van der Waals surface area (Å²) in [5, 5.41) is 6.20. The van der Waals surface area contributed by atoms with E-state index in [-0.39, 0.29) is 16.9 Å². The highest BCUT2D eigenvalue weighted by atomic mass is 32.2. The highest BCUT2D eigenvalue weighted by Gasteiger charge is 2.22. The number of hydrogen-bond acceptors (Lipinski definition) is 6. The van der Waals surface area contributed by atoms with E-state index >= 15 is 0 Å². The van der Waals surface area contributed by atoms with E-state index in [2.05, 4.69) is 20.3 Å². The molecule has 8 nitrogen and oxygen atoms in total.